The van der Waals surface area contributed by atoms with Gasteiger partial charge < -0.3 is 0 Å². The molecule has 0 aliphatic heterocycles. The van der Waals surface area contributed by atoms with Crippen molar-refractivity contribution in [2.75, 3.05) is 10.5 Å². The summed E-state index contributed by atoms with van der Waals surface area (Å²) in [7, 11) is -3.36. The predicted molar refractivity (Wildman–Crippen MR) is 56.9 cm³/mol. The van der Waals surface area contributed by atoms with Crippen molar-refractivity contribution in [2.45, 2.75) is 13.8 Å². The predicted octanol–water partition coefficient (Wildman–Crippen LogP) is 1.16. The molecule has 0 aromatic carbocycles. The zero-order chi connectivity index (χ0) is 10.8. The third-order valence-corrected chi connectivity index (χ3v) is 3.47. The molecule has 1 N–H and O–H groups in total. The van der Waals surface area contributed by atoms with Gasteiger partial charge in [0.2, 0.25) is 15.2 Å². The zero-order valence-corrected chi connectivity index (χ0v) is 9.57. The molecule has 7 heteroatoms. The highest BCUT2D eigenvalue weighted by atomic mass is 32.2. The van der Waals surface area contributed by atoms with E-state index in [0.717, 1.165) is 5.01 Å². The SMILES string of the molecule is C=C(C)CS(=O)(=O)Nc1nnc(C)s1. The first-order chi connectivity index (χ1) is 6.39. The van der Waals surface area contributed by atoms with E-state index in [0.29, 0.717) is 10.7 Å². The molecular weight excluding hydrogens is 222 g/mol. The first-order valence-electron chi connectivity index (χ1n) is 3.84. The zero-order valence-electron chi connectivity index (χ0n) is 7.94. The molecule has 0 unspecified atom stereocenters. The van der Waals surface area contributed by atoms with Gasteiger partial charge in [-0.25, -0.2) is 8.42 Å². The lowest BCUT2D eigenvalue weighted by atomic mass is 10.4. The molecule has 0 spiro atoms. The van der Waals surface area contributed by atoms with E-state index in [1.807, 2.05) is 0 Å². The van der Waals surface area contributed by atoms with E-state index in [1.165, 1.54) is 11.3 Å². The second kappa shape index (κ2) is 4.05. The fourth-order valence-electron chi connectivity index (χ4n) is 0.831. The number of rotatable bonds is 4. The summed E-state index contributed by atoms with van der Waals surface area (Å²) in [4.78, 5) is 0. The highest BCUT2D eigenvalue weighted by Gasteiger charge is 2.12. The van der Waals surface area contributed by atoms with Gasteiger partial charge in [-0.3, -0.25) is 4.72 Å². The minimum Gasteiger partial charge on any atom is -0.257 e. The van der Waals surface area contributed by atoms with Crippen LogP contribution in [0.1, 0.15) is 11.9 Å². The Morgan fingerprint density at radius 1 is 1.57 bits per heavy atom. The second-order valence-electron chi connectivity index (χ2n) is 2.94. The minimum absolute atomic E-state index is 0.0916. The summed E-state index contributed by atoms with van der Waals surface area (Å²) >= 11 is 1.20. The largest absolute Gasteiger partial charge is 0.257 e. The minimum atomic E-state index is -3.36. The summed E-state index contributed by atoms with van der Waals surface area (Å²) in [5.41, 5.74) is 0.582. The van der Waals surface area contributed by atoms with E-state index < -0.39 is 10.0 Å². The molecule has 0 saturated heterocycles. The lowest BCUT2D eigenvalue weighted by molar-refractivity contribution is 0.603. The van der Waals surface area contributed by atoms with E-state index in [-0.39, 0.29) is 5.75 Å². The molecule has 0 radical (unpaired) electrons. The number of nitrogens with zero attached hydrogens (tertiary/aromatic N) is 2. The molecular formula is C7H11N3O2S2. The Bertz CT molecular complexity index is 436. The third kappa shape index (κ3) is 3.43. The van der Waals surface area contributed by atoms with Gasteiger partial charge in [-0.2, -0.15) is 0 Å². The molecule has 0 aliphatic rings. The molecule has 14 heavy (non-hydrogen) atoms. The summed E-state index contributed by atoms with van der Waals surface area (Å²) in [5, 5.41) is 8.37. The molecule has 0 saturated carbocycles. The Kier molecular flexibility index (Phi) is 3.22. The standard InChI is InChI=1S/C7H11N3O2S2/c1-5(2)4-14(11,12)10-7-9-8-6(3)13-7/h1,4H2,2-3H3,(H,9,10). The van der Waals surface area contributed by atoms with Gasteiger partial charge in [0.25, 0.3) is 0 Å². The van der Waals surface area contributed by atoms with Gasteiger partial charge in [-0.1, -0.05) is 23.5 Å². The van der Waals surface area contributed by atoms with Crippen LogP contribution in [0, 0.1) is 6.92 Å². The van der Waals surface area contributed by atoms with Crippen molar-refractivity contribution in [2.24, 2.45) is 0 Å². The van der Waals surface area contributed by atoms with Crippen molar-refractivity contribution in [1.29, 1.82) is 0 Å². The van der Waals surface area contributed by atoms with Crippen LogP contribution in [0.4, 0.5) is 5.13 Å². The number of nitrogens with one attached hydrogen (secondary N) is 1. The molecule has 0 atom stereocenters. The van der Waals surface area contributed by atoms with Crippen LogP contribution in [-0.4, -0.2) is 24.4 Å². The first kappa shape index (κ1) is 11.1. The Morgan fingerprint density at radius 3 is 2.64 bits per heavy atom. The summed E-state index contributed by atoms with van der Waals surface area (Å²) < 4.78 is 25.1. The van der Waals surface area contributed by atoms with Crippen LogP contribution < -0.4 is 4.72 Å². The third-order valence-electron chi connectivity index (χ3n) is 1.21. The van der Waals surface area contributed by atoms with Crippen LogP contribution in [0.2, 0.25) is 0 Å². The lowest BCUT2D eigenvalue weighted by Crippen LogP contribution is -2.16. The molecule has 1 rings (SSSR count). The van der Waals surface area contributed by atoms with Crippen LogP contribution in [0.5, 0.6) is 0 Å². The quantitative estimate of drug-likeness (QED) is 0.792. The molecule has 0 amide bonds. The molecule has 1 heterocycles. The lowest BCUT2D eigenvalue weighted by Gasteiger charge is -2.02. The van der Waals surface area contributed by atoms with Crippen molar-refractivity contribution in [3.05, 3.63) is 17.2 Å². The molecule has 0 fully saturated rings. The Morgan fingerprint density at radius 2 is 2.21 bits per heavy atom. The smallest absolute Gasteiger partial charge is 0.238 e. The molecule has 0 bridgehead atoms. The highest BCUT2D eigenvalue weighted by molar-refractivity contribution is 7.93. The van der Waals surface area contributed by atoms with Crippen molar-refractivity contribution in [3.8, 4) is 0 Å². The van der Waals surface area contributed by atoms with E-state index in [4.69, 9.17) is 0 Å². The number of hydrogen-bond acceptors (Lipinski definition) is 5. The average Bonchev–Trinajstić information content (AvgIpc) is 2.30. The van der Waals surface area contributed by atoms with E-state index in [2.05, 4.69) is 21.5 Å². The topological polar surface area (TPSA) is 72.0 Å². The molecule has 0 aliphatic carbocycles. The maximum absolute atomic E-state index is 11.4. The number of aryl methyl sites for hydroxylation is 1. The maximum atomic E-state index is 11.4. The number of hydrogen-bond donors (Lipinski definition) is 1. The molecule has 1 aromatic heterocycles. The van der Waals surface area contributed by atoms with Gasteiger partial charge in [0, 0.05) is 0 Å². The Hall–Kier alpha value is -0.950. The summed E-state index contributed by atoms with van der Waals surface area (Å²) in [6.07, 6.45) is 0. The van der Waals surface area contributed by atoms with Gasteiger partial charge >= 0.3 is 0 Å². The Labute approximate surface area is 86.9 Å². The van der Waals surface area contributed by atoms with Crippen molar-refractivity contribution < 1.29 is 8.42 Å². The van der Waals surface area contributed by atoms with Crippen molar-refractivity contribution in [1.82, 2.24) is 10.2 Å². The monoisotopic (exact) mass is 233 g/mol. The van der Waals surface area contributed by atoms with E-state index in [1.54, 1.807) is 13.8 Å². The van der Waals surface area contributed by atoms with Gasteiger partial charge in [-0.15, -0.1) is 10.2 Å². The van der Waals surface area contributed by atoms with Gasteiger partial charge in [0.1, 0.15) is 5.01 Å². The average molecular weight is 233 g/mol. The van der Waals surface area contributed by atoms with Crippen molar-refractivity contribution in [3.63, 3.8) is 0 Å². The Balaban J connectivity index is 2.73. The van der Waals surface area contributed by atoms with Crippen LogP contribution in [0.3, 0.4) is 0 Å². The summed E-state index contributed by atoms with van der Waals surface area (Å²) in [6, 6.07) is 0. The summed E-state index contributed by atoms with van der Waals surface area (Å²) in [5.74, 6) is -0.0916. The molecule has 78 valence electrons. The van der Waals surface area contributed by atoms with Gasteiger partial charge in [0.15, 0.2) is 0 Å². The fraction of sp³-hybridized carbons (Fsp3) is 0.429. The highest BCUT2D eigenvalue weighted by Crippen LogP contribution is 2.15. The second-order valence-corrected chi connectivity index (χ2v) is 5.85. The summed E-state index contributed by atoms with van der Waals surface area (Å²) in [6.45, 7) is 6.95. The first-order valence-corrected chi connectivity index (χ1v) is 6.31. The van der Waals surface area contributed by atoms with Crippen LogP contribution in [0.25, 0.3) is 0 Å². The normalized spacial score (nSPS) is 11.3. The van der Waals surface area contributed by atoms with Crippen molar-refractivity contribution >= 4 is 26.5 Å². The fourth-order valence-corrected chi connectivity index (χ4v) is 2.85. The van der Waals surface area contributed by atoms with Gasteiger partial charge in [-0.05, 0) is 13.8 Å². The van der Waals surface area contributed by atoms with Gasteiger partial charge in [0.05, 0.1) is 5.75 Å². The van der Waals surface area contributed by atoms with Crippen LogP contribution in [0.15, 0.2) is 12.2 Å². The van der Waals surface area contributed by atoms with Crippen LogP contribution >= 0.6 is 11.3 Å². The number of sulfonamides is 1. The van der Waals surface area contributed by atoms with E-state index in [9.17, 15) is 8.42 Å². The maximum Gasteiger partial charge on any atom is 0.238 e. The molecule has 5 nitrogen and oxygen atoms in total. The molecule has 1 aromatic rings. The van der Waals surface area contributed by atoms with E-state index >= 15 is 0 Å². The van der Waals surface area contributed by atoms with Crippen LogP contribution in [-0.2, 0) is 10.0 Å². The number of anilines is 1. The number of aromatic nitrogens is 2.